The maximum Gasteiger partial charge on any atom is 0.209 e. The number of nitrogens with one attached hydrogen (secondary N) is 1. The second kappa shape index (κ2) is 4.96. The molecule has 5 heteroatoms. The summed E-state index contributed by atoms with van der Waals surface area (Å²) in [6.45, 7) is 4.90. The van der Waals surface area contributed by atoms with Crippen molar-refractivity contribution in [3.05, 3.63) is 24.1 Å². The Labute approximate surface area is 106 Å². The van der Waals surface area contributed by atoms with Gasteiger partial charge >= 0.3 is 0 Å². The van der Waals surface area contributed by atoms with E-state index >= 15 is 0 Å². The van der Waals surface area contributed by atoms with Crippen LogP contribution in [-0.4, -0.2) is 43.2 Å². The Balaban J connectivity index is 1.84. The lowest BCUT2D eigenvalue weighted by atomic mass is 10.3. The lowest BCUT2D eigenvalue weighted by molar-refractivity contribution is 0.214. The van der Waals surface area contributed by atoms with Gasteiger partial charge in [0.2, 0.25) is 5.89 Å². The molecule has 1 fully saturated rings. The molecule has 96 valence electrons. The van der Waals surface area contributed by atoms with Crippen LogP contribution in [0.15, 0.2) is 22.6 Å². The smallest absolute Gasteiger partial charge is 0.209 e. The molecule has 0 unspecified atom stereocenters. The van der Waals surface area contributed by atoms with E-state index in [0.29, 0.717) is 0 Å². The Hall–Kier alpha value is -1.59. The Bertz CT molecular complexity index is 532. The van der Waals surface area contributed by atoms with Crippen LogP contribution in [0.1, 0.15) is 5.89 Å². The number of oxazole rings is 1. The van der Waals surface area contributed by atoms with Gasteiger partial charge in [-0.2, -0.15) is 0 Å². The zero-order valence-corrected chi connectivity index (χ0v) is 10.5. The Morgan fingerprint density at radius 1 is 1.39 bits per heavy atom. The number of fused-ring (bicyclic) bond motifs is 1. The molecule has 5 nitrogen and oxygen atoms in total. The molecule has 1 aliphatic rings. The van der Waals surface area contributed by atoms with Crippen molar-refractivity contribution in [2.45, 2.75) is 6.54 Å². The molecule has 1 aromatic heterocycles. The zero-order chi connectivity index (χ0) is 12.4. The van der Waals surface area contributed by atoms with Crippen LogP contribution in [0, 0.1) is 0 Å². The fourth-order valence-corrected chi connectivity index (χ4v) is 2.26. The number of ether oxygens (including phenoxy) is 1. The van der Waals surface area contributed by atoms with E-state index in [1.165, 1.54) is 0 Å². The molecule has 0 atom stereocenters. The number of rotatable bonds is 3. The normalized spacial score (nSPS) is 17.2. The van der Waals surface area contributed by atoms with Crippen molar-refractivity contribution in [1.82, 2.24) is 15.2 Å². The van der Waals surface area contributed by atoms with Gasteiger partial charge in [0.25, 0.3) is 0 Å². The van der Waals surface area contributed by atoms with Crippen LogP contribution in [-0.2, 0) is 6.54 Å². The molecule has 2 aromatic rings. The largest absolute Gasteiger partial charge is 0.494 e. The van der Waals surface area contributed by atoms with Crippen LogP contribution >= 0.6 is 0 Å². The molecule has 0 amide bonds. The average Bonchev–Trinajstić information content (AvgIpc) is 2.82. The predicted octanol–water partition coefficient (Wildman–Crippen LogP) is 1.24. The molecule has 2 heterocycles. The van der Waals surface area contributed by atoms with Crippen molar-refractivity contribution in [3.8, 4) is 5.75 Å². The molecule has 18 heavy (non-hydrogen) atoms. The first kappa shape index (κ1) is 11.5. The van der Waals surface area contributed by atoms with E-state index in [1.807, 2.05) is 18.2 Å². The first-order chi connectivity index (χ1) is 8.86. The van der Waals surface area contributed by atoms with Gasteiger partial charge in [-0.25, -0.2) is 4.98 Å². The molecule has 3 rings (SSSR count). The van der Waals surface area contributed by atoms with E-state index < -0.39 is 0 Å². The number of aromatic nitrogens is 1. The van der Waals surface area contributed by atoms with Crippen molar-refractivity contribution in [2.75, 3.05) is 33.3 Å². The Morgan fingerprint density at radius 3 is 3.00 bits per heavy atom. The summed E-state index contributed by atoms with van der Waals surface area (Å²) in [5.41, 5.74) is 1.60. The van der Waals surface area contributed by atoms with E-state index in [1.54, 1.807) is 7.11 Å². The number of hydrogen-bond acceptors (Lipinski definition) is 5. The summed E-state index contributed by atoms with van der Waals surface area (Å²) in [6, 6.07) is 5.74. The van der Waals surface area contributed by atoms with Crippen molar-refractivity contribution < 1.29 is 9.15 Å². The van der Waals surface area contributed by atoms with Crippen molar-refractivity contribution in [2.24, 2.45) is 0 Å². The first-order valence-electron chi connectivity index (χ1n) is 6.22. The summed E-state index contributed by atoms with van der Waals surface area (Å²) in [7, 11) is 1.65. The topological polar surface area (TPSA) is 50.5 Å². The van der Waals surface area contributed by atoms with Crippen molar-refractivity contribution >= 4 is 11.1 Å². The van der Waals surface area contributed by atoms with Gasteiger partial charge in [0, 0.05) is 26.2 Å². The van der Waals surface area contributed by atoms with Gasteiger partial charge in [0.15, 0.2) is 11.1 Å². The third-order valence-electron chi connectivity index (χ3n) is 3.21. The van der Waals surface area contributed by atoms with Crippen LogP contribution < -0.4 is 10.1 Å². The van der Waals surface area contributed by atoms with Crippen LogP contribution in [0.3, 0.4) is 0 Å². The lowest BCUT2D eigenvalue weighted by Gasteiger charge is -2.25. The molecule has 1 aliphatic heterocycles. The molecule has 0 saturated carbocycles. The average molecular weight is 247 g/mol. The number of piperazine rings is 1. The minimum absolute atomic E-state index is 0.761. The van der Waals surface area contributed by atoms with Gasteiger partial charge in [-0.1, -0.05) is 6.07 Å². The van der Waals surface area contributed by atoms with Crippen LogP contribution in [0.4, 0.5) is 0 Å². The van der Waals surface area contributed by atoms with Crippen LogP contribution in [0.25, 0.3) is 11.1 Å². The third kappa shape index (κ3) is 2.19. The molecule has 0 bridgehead atoms. The summed E-state index contributed by atoms with van der Waals surface area (Å²) in [5, 5.41) is 3.33. The number of benzene rings is 1. The molecule has 0 radical (unpaired) electrons. The van der Waals surface area contributed by atoms with E-state index in [4.69, 9.17) is 9.15 Å². The molecular formula is C13H17N3O2. The van der Waals surface area contributed by atoms with E-state index in [-0.39, 0.29) is 0 Å². The second-order valence-corrected chi connectivity index (χ2v) is 4.44. The minimum Gasteiger partial charge on any atom is -0.494 e. The quantitative estimate of drug-likeness (QED) is 0.884. The zero-order valence-electron chi connectivity index (χ0n) is 10.5. The highest BCUT2D eigenvalue weighted by molar-refractivity contribution is 5.79. The van der Waals surface area contributed by atoms with Gasteiger partial charge in [0.05, 0.1) is 13.7 Å². The maximum absolute atomic E-state index is 5.76. The van der Waals surface area contributed by atoms with Gasteiger partial charge < -0.3 is 14.5 Å². The first-order valence-corrected chi connectivity index (χ1v) is 6.22. The maximum atomic E-state index is 5.76. The minimum atomic E-state index is 0.761. The molecular weight excluding hydrogens is 230 g/mol. The highest BCUT2D eigenvalue weighted by atomic mass is 16.5. The SMILES string of the molecule is COc1cccc2oc(CN3CCNCC3)nc12. The number of para-hydroxylation sites is 1. The van der Waals surface area contributed by atoms with Crippen molar-refractivity contribution in [3.63, 3.8) is 0 Å². The molecule has 1 saturated heterocycles. The summed E-state index contributed by atoms with van der Waals surface area (Å²) < 4.78 is 11.0. The predicted molar refractivity (Wildman–Crippen MR) is 68.7 cm³/mol. The van der Waals surface area contributed by atoms with E-state index in [9.17, 15) is 0 Å². The van der Waals surface area contributed by atoms with E-state index in [2.05, 4.69) is 15.2 Å². The summed E-state index contributed by atoms with van der Waals surface area (Å²) >= 11 is 0. The van der Waals surface area contributed by atoms with Gasteiger partial charge in [-0.05, 0) is 12.1 Å². The van der Waals surface area contributed by atoms with Crippen LogP contribution in [0.5, 0.6) is 5.75 Å². The third-order valence-corrected chi connectivity index (χ3v) is 3.21. The summed E-state index contributed by atoms with van der Waals surface area (Å²) in [4.78, 5) is 6.86. The van der Waals surface area contributed by atoms with Gasteiger partial charge in [-0.15, -0.1) is 0 Å². The number of nitrogens with zero attached hydrogens (tertiary/aromatic N) is 2. The number of methoxy groups -OCH3 is 1. The Morgan fingerprint density at radius 2 is 2.22 bits per heavy atom. The lowest BCUT2D eigenvalue weighted by Crippen LogP contribution is -2.42. The standard InChI is InChI=1S/C13H17N3O2/c1-17-10-3-2-4-11-13(10)15-12(18-11)9-16-7-5-14-6-8-16/h2-4,14H,5-9H2,1H3. The highest BCUT2D eigenvalue weighted by Gasteiger charge is 2.15. The van der Waals surface area contributed by atoms with Gasteiger partial charge in [-0.3, -0.25) is 4.90 Å². The monoisotopic (exact) mass is 247 g/mol. The molecule has 0 spiro atoms. The van der Waals surface area contributed by atoms with Crippen molar-refractivity contribution in [1.29, 1.82) is 0 Å². The Kier molecular flexibility index (Phi) is 3.17. The van der Waals surface area contributed by atoms with E-state index in [0.717, 1.165) is 55.5 Å². The molecule has 1 N–H and O–H groups in total. The highest BCUT2D eigenvalue weighted by Crippen LogP contribution is 2.25. The van der Waals surface area contributed by atoms with Crippen LogP contribution in [0.2, 0.25) is 0 Å². The number of hydrogen-bond donors (Lipinski definition) is 1. The summed E-state index contributed by atoms with van der Waals surface area (Å²) in [6.07, 6.45) is 0. The fourth-order valence-electron chi connectivity index (χ4n) is 2.26. The summed E-state index contributed by atoms with van der Waals surface area (Å²) in [5.74, 6) is 1.53. The van der Waals surface area contributed by atoms with Gasteiger partial charge in [0.1, 0.15) is 5.75 Å². The molecule has 1 aromatic carbocycles. The molecule has 0 aliphatic carbocycles. The fraction of sp³-hybridized carbons (Fsp3) is 0.462. The second-order valence-electron chi connectivity index (χ2n) is 4.44.